The van der Waals surface area contributed by atoms with E-state index in [0.717, 1.165) is 6.92 Å². The van der Waals surface area contributed by atoms with Gasteiger partial charge in [0.15, 0.2) is 6.10 Å². The van der Waals surface area contributed by atoms with E-state index in [1.165, 1.54) is 12.1 Å². The average Bonchev–Trinajstić information content (AvgIpc) is 2.34. The van der Waals surface area contributed by atoms with E-state index in [-0.39, 0.29) is 12.2 Å². The van der Waals surface area contributed by atoms with Crippen LogP contribution in [0.4, 0.5) is 13.2 Å². The molecular weight excluding hydrogens is 249 g/mol. The Morgan fingerprint density at radius 2 is 2.06 bits per heavy atom. The Balaban J connectivity index is 2.76. The molecule has 1 rings (SSSR count). The first-order valence-corrected chi connectivity index (χ1v) is 5.13. The van der Waals surface area contributed by atoms with Crippen LogP contribution in [0.3, 0.4) is 0 Å². The van der Waals surface area contributed by atoms with Crippen molar-refractivity contribution in [2.24, 2.45) is 5.84 Å². The van der Waals surface area contributed by atoms with Crippen molar-refractivity contribution in [2.75, 3.05) is 0 Å². The monoisotopic (exact) mass is 262 g/mol. The number of carbonyl (C=O) groups excluding carboxylic acids is 1. The number of nitrogen functional groups attached to an aromatic ring is 1. The third kappa shape index (κ3) is 3.71. The summed E-state index contributed by atoms with van der Waals surface area (Å²) in [7, 11) is 0. The number of halogens is 3. The van der Waals surface area contributed by atoms with Gasteiger partial charge >= 0.3 is 6.18 Å². The first-order chi connectivity index (χ1) is 8.36. The minimum absolute atomic E-state index is 0.189. The van der Waals surface area contributed by atoms with Gasteiger partial charge in [-0.05, 0) is 18.6 Å². The maximum Gasteiger partial charge on any atom is 0.414 e. The molecule has 0 saturated carbocycles. The van der Waals surface area contributed by atoms with Gasteiger partial charge in [0.1, 0.15) is 0 Å². The molecule has 0 aliphatic rings. The van der Waals surface area contributed by atoms with E-state index in [1.54, 1.807) is 12.1 Å². The Labute approximate surface area is 102 Å². The molecule has 100 valence electrons. The number of benzene rings is 1. The highest BCUT2D eigenvalue weighted by atomic mass is 19.4. The zero-order chi connectivity index (χ0) is 13.8. The summed E-state index contributed by atoms with van der Waals surface area (Å²) in [6, 6.07) is 6.15. The topological polar surface area (TPSA) is 64.3 Å². The zero-order valence-electron chi connectivity index (χ0n) is 9.62. The van der Waals surface area contributed by atoms with Crippen LogP contribution < -0.4 is 11.3 Å². The third-order valence-electron chi connectivity index (χ3n) is 2.34. The van der Waals surface area contributed by atoms with Crippen molar-refractivity contribution in [3.8, 4) is 0 Å². The molecule has 3 N–H and O–H groups in total. The highest BCUT2D eigenvalue weighted by Gasteiger charge is 2.36. The second-order valence-electron chi connectivity index (χ2n) is 3.63. The number of amides is 1. The van der Waals surface area contributed by atoms with Crippen LogP contribution in [0.5, 0.6) is 0 Å². The molecule has 0 radical (unpaired) electrons. The summed E-state index contributed by atoms with van der Waals surface area (Å²) in [6.07, 6.45) is -6.32. The minimum Gasteiger partial charge on any atom is -0.364 e. The van der Waals surface area contributed by atoms with Crippen molar-refractivity contribution in [1.82, 2.24) is 5.43 Å². The largest absolute Gasteiger partial charge is 0.414 e. The van der Waals surface area contributed by atoms with Crippen LogP contribution in [-0.4, -0.2) is 18.2 Å². The Kier molecular flexibility index (Phi) is 4.69. The number of alkyl halides is 3. The fourth-order valence-corrected chi connectivity index (χ4v) is 1.25. The summed E-state index contributed by atoms with van der Waals surface area (Å²) in [5.74, 6) is 4.40. The standard InChI is InChI=1S/C11H13F3N2O2/c1-7(11(12,13)14)18-6-8-4-2-3-5-9(8)10(17)16-15/h2-5,7H,6,15H2,1H3,(H,16,17). The number of nitrogens with two attached hydrogens (primary N) is 1. The number of rotatable bonds is 4. The fourth-order valence-electron chi connectivity index (χ4n) is 1.25. The van der Waals surface area contributed by atoms with E-state index in [2.05, 4.69) is 4.74 Å². The minimum atomic E-state index is -4.43. The molecule has 0 aliphatic heterocycles. The molecule has 0 bridgehead atoms. The summed E-state index contributed by atoms with van der Waals surface area (Å²) in [6.45, 7) is 0.593. The SMILES string of the molecule is CC(OCc1ccccc1C(=O)NN)C(F)(F)F. The molecule has 1 aromatic rings. The van der Waals surface area contributed by atoms with E-state index in [1.807, 2.05) is 5.43 Å². The lowest BCUT2D eigenvalue weighted by Gasteiger charge is -2.17. The summed E-state index contributed by atoms with van der Waals surface area (Å²) < 4.78 is 41.4. The summed E-state index contributed by atoms with van der Waals surface area (Å²) in [5.41, 5.74) is 2.46. The Bertz CT molecular complexity index is 421. The lowest BCUT2D eigenvalue weighted by atomic mass is 10.1. The van der Waals surface area contributed by atoms with Crippen LogP contribution in [0.25, 0.3) is 0 Å². The van der Waals surface area contributed by atoms with Gasteiger partial charge < -0.3 is 4.74 Å². The van der Waals surface area contributed by atoms with Gasteiger partial charge in [0.25, 0.3) is 5.91 Å². The van der Waals surface area contributed by atoms with E-state index in [4.69, 9.17) is 5.84 Å². The Morgan fingerprint density at radius 1 is 1.44 bits per heavy atom. The molecule has 0 aliphatic carbocycles. The number of hydrazine groups is 1. The molecular formula is C11H13F3N2O2. The fraction of sp³-hybridized carbons (Fsp3) is 0.364. The van der Waals surface area contributed by atoms with Crippen molar-refractivity contribution < 1.29 is 22.7 Å². The van der Waals surface area contributed by atoms with Gasteiger partial charge in [-0.3, -0.25) is 10.2 Å². The molecule has 0 spiro atoms. The van der Waals surface area contributed by atoms with Crippen molar-refractivity contribution in [2.45, 2.75) is 25.8 Å². The van der Waals surface area contributed by atoms with Crippen LogP contribution in [0.15, 0.2) is 24.3 Å². The maximum atomic E-state index is 12.3. The molecule has 1 aromatic carbocycles. The molecule has 7 heteroatoms. The predicted octanol–water partition coefficient (Wildman–Crippen LogP) is 1.76. The zero-order valence-corrected chi connectivity index (χ0v) is 9.62. The number of nitrogens with one attached hydrogen (secondary N) is 1. The highest BCUT2D eigenvalue weighted by molar-refractivity contribution is 5.95. The van der Waals surface area contributed by atoms with E-state index < -0.39 is 18.2 Å². The van der Waals surface area contributed by atoms with Crippen molar-refractivity contribution in [3.05, 3.63) is 35.4 Å². The van der Waals surface area contributed by atoms with E-state index in [0.29, 0.717) is 5.56 Å². The molecule has 1 amide bonds. The van der Waals surface area contributed by atoms with Gasteiger partial charge in [0.05, 0.1) is 6.61 Å². The number of ether oxygens (including phenoxy) is 1. The normalized spacial score (nSPS) is 13.2. The van der Waals surface area contributed by atoms with Gasteiger partial charge in [0, 0.05) is 5.56 Å². The second kappa shape index (κ2) is 5.83. The molecule has 0 aromatic heterocycles. The van der Waals surface area contributed by atoms with Crippen LogP contribution in [0.1, 0.15) is 22.8 Å². The first-order valence-electron chi connectivity index (χ1n) is 5.13. The predicted molar refractivity (Wildman–Crippen MR) is 58.4 cm³/mol. The Morgan fingerprint density at radius 3 is 2.61 bits per heavy atom. The molecule has 4 nitrogen and oxygen atoms in total. The molecule has 1 atom stereocenters. The molecule has 18 heavy (non-hydrogen) atoms. The Hall–Kier alpha value is -1.60. The third-order valence-corrected chi connectivity index (χ3v) is 2.34. The lowest BCUT2D eigenvalue weighted by molar-refractivity contribution is -0.217. The number of hydrogen-bond donors (Lipinski definition) is 2. The quantitative estimate of drug-likeness (QED) is 0.493. The second-order valence-corrected chi connectivity index (χ2v) is 3.63. The van der Waals surface area contributed by atoms with Gasteiger partial charge in [0.2, 0.25) is 0 Å². The van der Waals surface area contributed by atoms with Crippen molar-refractivity contribution in [1.29, 1.82) is 0 Å². The maximum absolute atomic E-state index is 12.3. The molecule has 1 unspecified atom stereocenters. The van der Waals surface area contributed by atoms with E-state index in [9.17, 15) is 18.0 Å². The summed E-state index contributed by atoms with van der Waals surface area (Å²) in [5, 5.41) is 0. The van der Waals surface area contributed by atoms with Gasteiger partial charge in [-0.25, -0.2) is 5.84 Å². The van der Waals surface area contributed by atoms with Crippen LogP contribution in [0, 0.1) is 0 Å². The molecule has 0 saturated heterocycles. The first kappa shape index (κ1) is 14.5. The lowest BCUT2D eigenvalue weighted by Crippen LogP contribution is -2.31. The number of carbonyl (C=O) groups is 1. The smallest absolute Gasteiger partial charge is 0.364 e. The highest BCUT2D eigenvalue weighted by Crippen LogP contribution is 2.23. The van der Waals surface area contributed by atoms with Gasteiger partial charge in [-0.1, -0.05) is 18.2 Å². The van der Waals surface area contributed by atoms with Crippen molar-refractivity contribution in [3.63, 3.8) is 0 Å². The van der Waals surface area contributed by atoms with Gasteiger partial charge in [-0.2, -0.15) is 13.2 Å². The average molecular weight is 262 g/mol. The van der Waals surface area contributed by atoms with Crippen molar-refractivity contribution >= 4 is 5.91 Å². The van der Waals surface area contributed by atoms with Gasteiger partial charge in [-0.15, -0.1) is 0 Å². The summed E-state index contributed by atoms with van der Waals surface area (Å²) >= 11 is 0. The molecule has 0 heterocycles. The van der Waals surface area contributed by atoms with E-state index >= 15 is 0 Å². The summed E-state index contributed by atoms with van der Waals surface area (Å²) in [4.78, 5) is 11.4. The molecule has 0 fully saturated rings. The number of hydrogen-bond acceptors (Lipinski definition) is 3. The van der Waals surface area contributed by atoms with Crippen LogP contribution in [-0.2, 0) is 11.3 Å². The van der Waals surface area contributed by atoms with Crippen LogP contribution in [0.2, 0.25) is 0 Å². The van der Waals surface area contributed by atoms with Crippen LogP contribution >= 0.6 is 0 Å².